The van der Waals surface area contributed by atoms with Gasteiger partial charge in [-0.1, -0.05) is 26.0 Å². The third kappa shape index (κ3) is 3.62. The molecular weight excluding hydrogens is 188 g/mol. The second-order valence-electron chi connectivity index (χ2n) is 3.90. The zero-order valence-corrected chi connectivity index (χ0v) is 9.53. The topological polar surface area (TPSA) is 48.1 Å². The predicted molar refractivity (Wildman–Crippen MR) is 63.7 cm³/mol. The van der Waals surface area contributed by atoms with Gasteiger partial charge in [0, 0.05) is 5.56 Å². The van der Waals surface area contributed by atoms with E-state index in [1.807, 2.05) is 12.1 Å². The Balaban J connectivity index is 2.82. The average Bonchev–Trinajstić information content (AvgIpc) is 2.17. The normalized spacial score (nSPS) is 11.2. The molecule has 0 atom stereocenters. The summed E-state index contributed by atoms with van der Waals surface area (Å²) in [4.78, 5) is 4.10. The Morgan fingerprint density at radius 1 is 1.53 bits per heavy atom. The smallest absolute Gasteiger partial charge is 0.220 e. The minimum absolute atomic E-state index is 0.615. The second kappa shape index (κ2) is 5.39. The molecule has 0 amide bonds. The molecule has 3 nitrogen and oxygen atoms in total. The quantitative estimate of drug-likeness (QED) is 0.824. The summed E-state index contributed by atoms with van der Waals surface area (Å²) in [5, 5.41) is 0. The Hall–Kier alpha value is -1.51. The number of anilines is 1. The van der Waals surface area contributed by atoms with Gasteiger partial charge in [-0.2, -0.15) is 0 Å². The lowest BCUT2D eigenvalue weighted by atomic mass is 10.1. The van der Waals surface area contributed by atoms with Crippen molar-refractivity contribution >= 4 is 11.8 Å². The molecule has 1 rings (SSSR count). The number of hydrogen-bond acceptors (Lipinski definition) is 3. The van der Waals surface area contributed by atoms with Gasteiger partial charge in [0.25, 0.3) is 0 Å². The predicted octanol–water partition coefficient (Wildman–Crippen LogP) is 2.73. The van der Waals surface area contributed by atoms with E-state index in [0.717, 1.165) is 12.0 Å². The minimum Gasteiger partial charge on any atom is -0.481 e. The molecule has 0 aliphatic carbocycles. The van der Waals surface area contributed by atoms with E-state index in [1.165, 1.54) is 0 Å². The van der Waals surface area contributed by atoms with Crippen LogP contribution in [0.15, 0.2) is 18.3 Å². The van der Waals surface area contributed by atoms with Crippen molar-refractivity contribution in [3.63, 3.8) is 0 Å². The number of hydrogen-bond donors (Lipinski definition) is 1. The average molecular weight is 206 g/mol. The van der Waals surface area contributed by atoms with Crippen LogP contribution in [-0.2, 0) is 0 Å². The standard InChI is InChI=1S/C12H18N2O/c1-9(2)5-4-6-10-7-11(13)8-14-12(10)15-3/h4,6-9H,5,13H2,1-3H3. The van der Waals surface area contributed by atoms with Gasteiger partial charge in [0.05, 0.1) is 19.0 Å². The second-order valence-corrected chi connectivity index (χ2v) is 3.90. The van der Waals surface area contributed by atoms with E-state index in [2.05, 4.69) is 24.9 Å². The first kappa shape index (κ1) is 11.6. The van der Waals surface area contributed by atoms with Crippen molar-refractivity contribution in [3.8, 4) is 5.88 Å². The molecule has 0 bridgehead atoms. The molecule has 0 unspecified atom stereocenters. The van der Waals surface area contributed by atoms with E-state index in [1.54, 1.807) is 13.3 Å². The first-order valence-corrected chi connectivity index (χ1v) is 5.09. The van der Waals surface area contributed by atoms with E-state index in [9.17, 15) is 0 Å². The molecule has 1 aromatic rings. The van der Waals surface area contributed by atoms with Crippen LogP contribution in [0.2, 0.25) is 0 Å². The fourth-order valence-electron chi connectivity index (χ4n) is 1.24. The van der Waals surface area contributed by atoms with Crippen LogP contribution in [0.3, 0.4) is 0 Å². The summed E-state index contributed by atoms with van der Waals surface area (Å²) in [5.74, 6) is 1.27. The molecule has 0 fully saturated rings. The number of nitrogens with zero attached hydrogens (tertiary/aromatic N) is 1. The molecule has 1 aromatic heterocycles. The monoisotopic (exact) mass is 206 g/mol. The van der Waals surface area contributed by atoms with Crippen LogP contribution < -0.4 is 10.5 Å². The van der Waals surface area contributed by atoms with Crippen LogP contribution in [-0.4, -0.2) is 12.1 Å². The highest BCUT2D eigenvalue weighted by Crippen LogP contribution is 2.19. The molecule has 2 N–H and O–H groups in total. The highest BCUT2D eigenvalue weighted by Gasteiger charge is 2.01. The molecule has 0 aromatic carbocycles. The minimum atomic E-state index is 0.615. The Labute approximate surface area is 91.0 Å². The number of pyridine rings is 1. The third-order valence-electron chi connectivity index (χ3n) is 2.00. The Bertz CT molecular complexity index is 345. The maximum atomic E-state index is 5.66. The van der Waals surface area contributed by atoms with Crippen molar-refractivity contribution in [1.29, 1.82) is 0 Å². The summed E-state index contributed by atoms with van der Waals surface area (Å²) in [7, 11) is 1.61. The van der Waals surface area contributed by atoms with E-state index >= 15 is 0 Å². The fourth-order valence-corrected chi connectivity index (χ4v) is 1.24. The summed E-state index contributed by atoms with van der Waals surface area (Å²) < 4.78 is 5.14. The summed E-state index contributed by atoms with van der Waals surface area (Å²) in [5.41, 5.74) is 7.24. The number of aromatic nitrogens is 1. The number of rotatable bonds is 4. The lowest BCUT2D eigenvalue weighted by Gasteiger charge is -2.04. The van der Waals surface area contributed by atoms with E-state index in [-0.39, 0.29) is 0 Å². The van der Waals surface area contributed by atoms with Crippen LogP contribution in [0.25, 0.3) is 6.08 Å². The van der Waals surface area contributed by atoms with Gasteiger partial charge in [-0.3, -0.25) is 0 Å². The summed E-state index contributed by atoms with van der Waals surface area (Å²) in [6, 6.07) is 1.86. The molecule has 15 heavy (non-hydrogen) atoms. The largest absolute Gasteiger partial charge is 0.481 e. The van der Waals surface area contributed by atoms with Crippen LogP contribution in [0, 0.1) is 5.92 Å². The molecule has 0 saturated heterocycles. The number of allylic oxidation sites excluding steroid dienone is 1. The molecule has 0 radical (unpaired) electrons. The van der Waals surface area contributed by atoms with Crippen LogP contribution in [0.1, 0.15) is 25.8 Å². The zero-order chi connectivity index (χ0) is 11.3. The summed E-state index contributed by atoms with van der Waals surface area (Å²) >= 11 is 0. The lowest BCUT2D eigenvalue weighted by molar-refractivity contribution is 0.397. The SMILES string of the molecule is COc1ncc(N)cc1C=CCC(C)C. The number of nitrogen functional groups attached to an aromatic ring is 1. The van der Waals surface area contributed by atoms with Gasteiger partial charge in [0.1, 0.15) is 0 Å². The third-order valence-corrected chi connectivity index (χ3v) is 2.00. The van der Waals surface area contributed by atoms with Gasteiger partial charge >= 0.3 is 0 Å². The molecule has 0 aliphatic rings. The van der Waals surface area contributed by atoms with E-state index < -0.39 is 0 Å². The molecular formula is C12H18N2O. The van der Waals surface area contributed by atoms with Crippen molar-refractivity contribution in [2.24, 2.45) is 5.92 Å². The van der Waals surface area contributed by atoms with Gasteiger partial charge in [-0.15, -0.1) is 0 Å². The zero-order valence-electron chi connectivity index (χ0n) is 9.53. The van der Waals surface area contributed by atoms with Crippen molar-refractivity contribution in [1.82, 2.24) is 4.98 Å². The van der Waals surface area contributed by atoms with E-state index in [0.29, 0.717) is 17.5 Å². The first-order valence-electron chi connectivity index (χ1n) is 5.09. The highest BCUT2D eigenvalue weighted by atomic mass is 16.5. The van der Waals surface area contributed by atoms with Crippen LogP contribution in [0.4, 0.5) is 5.69 Å². The number of nitrogens with two attached hydrogens (primary N) is 1. The molecule has 1 heterocycles. The Morgan fingerprint density at radius 2 is 2.27 bits per heavy atom. The van der Waals surface area contributed by atoms with Crippen molar-refractivity contribution < 1.29 is 4.74 Å². The summed E-state index contributed by atoms with van der Waals surface area (Å²) in [6.45, 7) is 4.36. The van der Waals surface area contributed by atoms with E-state index in [4.69, 9.17) is 10.5 Å². The van der Waals surface area contributed by atoms with Gasteiger partial charge in [-0.05, 0) is 18.4 Å². The highest BCUT2D eigenvalue weighted by molar-refractivity contribution is 5.59. The van der Waals surface area contributed by atoms with Crippen molar-refractivity contribution in [2.45, 2.75) is 20.3 Å². The summed E-state index contributed by atoms with van der Waals surface area (Å²) in [6.07, 6.45) is 6.75. The van der Waals surface area contributed by atoms with Crippen LogP contribution >= 0.6 is 0 Å². The van der Waals surface area contributed by atoms with Gasteiger partial charge in [0.15, 0.2) is 0 Å². The number of ether oxygens (including phenoxy) is 1. The number of methoxy groups -OCH3 is 1. The first-order chi connectivity index (χ1) is 7.13. The molecule has 0 spiro atoms. The van der Waals surface area contributed by atoms with Gasteiger partial charge in [0.2, 0.25) is 5.88 Å². The van der Waals surface area contributed by atoms with Crippen molar-refractivity contribution in [2.75, 3.05) is 12.8 Å². The molecule has 0 aliphatic heterocycles. The van der Waals surface area contributed by atoms with Gasteiger partial charge < -0.3 is 10.5 Å². The van der Waals surface area contributed by atoms with Gasteiger partial charge in [-0.25, -0.2) is 4.98 Å². The molecule has 0 saturated carbocycles. The Kier molecular flexibility index (Phi) is 4.16. The lowest BCUT2D eigenvalue weighted by Crippen LogP contribution is -1.94. The maximum Gasteiger partial charge on any atom is 0.220 e. The molecule has 3 heteroatoms. The molecule has 82 valence electrons. The van der Waals surface area contributed by atoms with Crippen molar-refractivity contribution in [3.05, 3.63) is 23.9 Å². The van der Waals surface area contributed by atoms with Crippen LogP contribution in [0.5, 0.6) is 5.88 Å². The maximum absolute atomic E-state index is 5.66. The fraction of sp³-hybridized carbons (Fsp3) is 0.417. The Morgan fingerprint density at radius 3 is 2.87 bits per heavy atom.